The fourth-order valence-electron chi connectivity index (χ4n) is 0.755. The smallest absolute Gasteiger partial charge is 0.335 e. The summed E-state index contributed by atoms with van der Waals surface area (Å²) in [6.45, 7) is 4.17. The van der Waals surface area contributed by atoms with Crippen LogP contribution in [0.5, 0.6) is 0 Å². The Bertz CT molecular complexity index is 431. The first-order valence-corrected chi connectivity index (χ1v) is 7.86. The highest BCUT2D eigenvalue weighted by Crippen LogP contribution is 2.03. The largest absolute Gasteiger partial charge is 0.478 e. The van der Waals surface area contributed by atoms with E-state index in [1.807, 2.05) is 0 Å². The number of carbonyl (C=O) groups is 2. The lowest BCUT2D eigenvalue weighted by atomic mass is 10.1. The molecular formula is C17H30O10. The van der Waals surface area contributed by atoms with Crippen molar-refractivity contribution in [3.8, 4) is 0 Å². The van der Waals surface area contributed by atoms with Gasteiger partial charge in [-0.25, -0.2) is 9.59 Å². The lowest BCUT2D eigenvalue weighted by Crippen LogP contribution is -2.03. The van der Waals surface area contributed by atoms with Crippen LogP contribution in [0.2, 0.25) is 0 Å². The van der Waals surface area contributed by atoms with Crippen LogP contribution >= 0.6 is 0 Å². The third-order valence-electron chi connectivity index (χ3n) is 2.17. The molecule has 0 aromatic heterocycles. The van der Waals surface area contributed by atoms with Gasteiger partial charge in [-0.2, -0.15) is 0 Å². The molecule has 3 unspecified atom stereocenters. The highest BCUT2D eigenvalue weighted by molar-refractivity contribution is 5.91. The SMILES string of the molecule is CC(O)CO.CC(O)CO.CC(O)CO.O=C(O)c1ccc(C(=O)O)cc1. The number of carboxylic acid groups (broad SMARTS) is 2. The lowest BCUT2D eigenvalue weighted by Gasteiger charge is -1.94. The molecule has 27 heavy (non-hydrogen) atoms. The molecular weight excluding hydrogens is 364 g/mol. The van der Waals surface area contributed by atoms with Crippen molar-refractivity contribution in [2.24, 2.45) is 0 Å². The Balaban J connectivity index is -0.000000323. The van der Waals surface area contributed by atoms with E-state index < -0.39 is 30.3 Å². The van der Waals surface area contributed by atoms with Crippen molar-refractivity contribution in [2.75, 3.05) is 19.8 Å². The molecule has 8 N–H and O–H groups in total. The molecule has 0 bridgehead atoms. The average Bonchev–Trinajstić information content (AvgIpc) is 2.63. The van der Waals surface area contributed by atoms with Gasteiger partial charge in [-0.05, 0) is 45.0 Å². The summed E-state index contributed by atoms with van der Waals surface area (Å²) in [6.07, 6.45) is -1.68. The Morgan fingerprint density at radius 2 is 0.815 bits per heavy atom. The van der Waals surface area contributed by atoms with E-state index in [4.69, 9.17) is 40.9 Å². The first-order valence-electron chi connectivity index (χ1n) is 7.86. The molecule has 10 heteroatoms. The Kier molecular flexibility index (Phi) is 20.6. The van der Waals surface area contributed by atoms with Crippen LogP contribution in [0.1, 0.15) is 41.5 Å². The Labute approximate surface area is 157 Å². The number of aliphatic hydroxyl groups excluding tert-OH is 6. The number of carboxylic acids is 2. The summed E-state index contributed by atoms with van der Waals surface area (Å²) in [5.41, 5.74) is 0.167. The second kappa shape index (κ2) is 18.7. The van der Waals surface area contributed by atoms with Gasteiger partial charge in [-0.3, -0.25) is 0 Å². The Morgan fingerprint density at radius 1 is 0.667 bits per heavy atom. The second-order valence-electron chi connectivity index (χ2n) is 5.28. The van der Waals surface area contributed by atoms with E-state index in [1.165, 1.54) is 45.0 Å². The molecule has 0 fully saturated rings. The third-order valence-corrected chi connectivity index (χ3v) is 2.17. The molecule has 0 spiro atoms. The van der Waals surface area contributed by atoms with E-state index in [0.29, 0.717) is 0 Å². The van der Waals surface area contributed by atoms with Crippen LogP contribution in [0.25, 0.3) is 0 Å². The summed E-state index contributed by atoms with van der Waals surface area (Å²) >= 11 is 0. The minimum atomic E-state index is -1.06. The van der Waals surface area contributed by atoms with Crippen molar-refractivity contribution in [1.82, 2.24) is 0 Å². The van der Waals surface area contributed by atoms with Crippen molar-refractivity contribution in [3.05, 3.63) is 35.4 Å². The molecule has 10 nitrogen and oxygen atoms in total. The van der Waals surface area contributed by atoms with Crippen LogP contribution in [0.4, 0.5) is 0 Å². The van der Waals surface area contributed by atoms with Crippen LogP contribution in [0.15, 0.2) is 24.3 Å². The van der Waals surface area contributed by atoms with Gasteiger partial charge < -0.3 is 40.9 Å². The minimum absolute atomic E-state index is 0.0833. The van der Waals surface area contributed by atoms with E-state index >= 15 is 0 Å². The predicted molar refractivity (Wildman–Crippen MR) is 96.7 cm³/mol. The number of hydrogen-bond acceptors (Lipinski definition) is 8. The van der Waals surface area contributed by atoms with Gasteiger partial charge in [0.1, 0.15) is 0 Å². The zero-order valence-corrected chi connectivity index (χ0v) is 15.6. The molecule has 0 heterocycles. The molecule has 158 valence electrons. The molecule has 0 amide bonds. The summed E-state index contributed by atoms with van der Waals surface area (Å²) in [6, 6.07) is 5.02. The fraction of sp³-hybridized carbons (Fsp3) is 0.529. The summed E-state index contributed by atoms with van der Waals surface area (Å²) in [5, 5.41) is 64.9. The maximum absolute atomic E-state index is 10.3. The van der Waals surface area contributed by atoms with E-state index in [9.17, 15) is 9.59 Å². The number of aromatic carboxylic acids is 2. The fourth-order valence-corrected chi connectivity index (χ4v) is 0.755. The molecule has 0 aliphatic carbocycles. The summed E-state index contributed by atoms with van der Waals surface area (Å²) in [7, 11) is 0. The standard InChI is InChI=1S/C8H6O4.3C3H8O2/c9-7(10)5-1-2-6(4-3-5)8(11)12;3*1-3(5)2-4/h1-4H,(H,9,10)(H,11,12);3*3-5H,2H2,1H3. The predicted octanol–water partition coefficient (Wildman–Crippen LogP) is -0.838. The van der Waals surface area contributed by atoms with Gasteiger partial charge in [0.2, 0.25) is 0 Å². The number of hydrogen-bond donors (Lipinski definition) is 8. The van der Waals surface area contributed by atoms with Crippen LogP contribution in [-0.4, -0.2) is 90.9 Å². The van der Waals surface area contributed by atoms with Crippen LogP contribution < -0.4 is 0 Å². The number of aliphatic hydroxyl groups is 6. The molecule has 0 saturated heterocycles. The lowest BCUT2D eigenvalue weighted by molar-refractivity contribution is 0.0681. The first-order chi connectivity index (χ1) is 12.4. The van der Waals surface area contributed by atoms with Gasteiger partial charge in [0.05, 0.1) is 49.3 Å². The van der Waals surface area contributed by atoms with E-state index in [0.717, 1.165) is 0 Å². The van der Waals surface area contributed by atoms with E-state index in [2.05, 4.69) is 0 Å². The summed E-state index contributed by atoms with van der Waals surface area (Å²) < 4.78 is 0. The van der Waals surface area contributed by atoms with Crippen molar-refractivity contribution >= 4 is 11.9 Å². The molecule has 1 rings (SSSR count). The monoisotopic (exact) mass is 394 g/mol. The van der Waals surface area contributed by atoms with Gasteiger partial charge in [-0.1, -0.05) is 0 Å². The number of rotatable bonds is 5. The summed E-state index contributed by atoms with van der Waals surface area (Å²) in [5.74, 6) is -2.13. The van der Waals surface area contributed by atoms with E-state index in [1.54, 1.807) is 0 Å². The molecule has 3 atom stereocenters. The molecule has 0 aliphatic heterocycles. The Morgan fingerprint density at radius 3 is 0.889 bits per heavy atom. The minimum Gasteiger partial charge on any atom is -0.478 e. The molecule has 1 aromatic carbocycles. The van der Waals surface area contributed by atoms with Crippen LogP contribution in [-0.2, 0) is 0 Å². The van der Waals surface area contributed by atoms with Gasteiger partial charge in [0.25, 0.3) is 0 Å². The van der Waals surface area contributed by atoms with Gasteiger partial charge >= 0.3 is 11.9 Å². The molecule has 0 saturated carbocycles. The van der Waals surface area contributed by atoms with Crippen LogP contribution in [0, 0.1) is 0 Å². The van der Waals surface area contributed by atoms with Gasteiger partial charge in [0.15, 0.2) is 0 Å². The first kappa shape index (κ1) is 29.7. The van der Waals surface area contributed by atoms with Crippen LogP contribution in [0.3, 0.4) is 0 Å². The van der Waals surface area contributed by atoms with Crippen molar-refractivity contribution in [3.63, 3.8) is 0 Å². The quantitative estimate of drug-likeness (QED) is 0.312. The van der Waals surface area contributed by atoms with Crippen molar-refractivity contribution in [2.45, 2.75) is 39.1 Å². The normalized spacial score (nSPS) is 12.5. The van der Waals surface area contributed by atoms with Crippen molar-refractivity contribution in [1.29, 1.82) is 0 Å². The Hall–Kier alpha value is -2.08. The molecule has 0 radical (unpaired) electrons. The maximum atomic E-state index is 10.3. The highest BCUT2D eigenvalue weighted by atomic mass is 16.4. The van der Waals surface area contributed by atoms with Gasteiger partial charge in [0, 0.05) is 0 Å². The highest BCUT2D eigenvalue weighted by Gasteiger charge is 2.04. The zero-order chi connectivity index (χ0) is 22.0. The third kappa shape index (κ3) is 23.9. The topological polar surface area (TPSA) is 196 Å². The molecule has 0 aliphatic rings. The molecule has 1 aromatic rings. The van der Waals surface area contributed by atoms with Gasteiger partial charge in [-0.15, -0.1) is 0 Å². The summed E-state index contributed by atoms with van der Waals surface area (Å²) in [4.78, 5) is 20.7. The van der Waals surface area contributed by atoms with E-state index in [-0.39, 0.29) is 30.9 Å². The van der Waals surface area contributed by atoms with Crippen molar-refractivity contribution < 1.29 is 50.4 Å². The maximum Gasteiger partial charge on any atom is 0.335 e. The number of benzene rings is 1. The second-order valence-corrected chi connectivity index (χ2v) is 5.28. The zero-order valence-electron chi connectivity index (χ0n) is 15.6. The average molecular weight is 394 g/mol.